The van der Waals surface area contributed by atoms with E-state index in [2.05, 4.69) is 0 Å². The van der Waals surface area contributed by atoms with Gasteiger partial charge in [0.2, 0.25) is 5.78 Å². The number of hydrogen-bond acceptors (Lipinski definition) is 4. The number of carboxylic acids is 3. The molecule has 0 saturated heterocycles. The van der Waals surface area contributed by atoms with Crippen LogP contribution in [0.4, 0.5) is 0 Å². The average molecular weight is 216 g/mol. The molecule has 0 atom stereocenters. The highest BCUT2D eigenvalue weighted by molar-refractivity contribution is 6.33. The third-order valence-corrected chi connectivity index (χ3v) is 1.39. The Morgan fingerprint density at radius 2 is 1.47 bits per heavy atom. The van der Waals surface area contributed by atoms with Gasteiger partial charge in [-0.3, -0.25) is 9.59 Å². The van der Waals surface area contributed by atoms with Gasteiger partial charge in [0.1, 0.15) is 0 Å². The van der Waals surface area contributed by atoms with Crippen LogP contribution in [0.1, 0.15) is 12.8 Å². The molecule has 0 spiro atoms. The normalized spacial score (nSPS) is 10.8. The van der Waals surface area contributed by atoms with Crippen molar-refractivity contribution in [3.05, 3.63) is 11.6 Å². The lowest BCUT2D eigenvalue weighted by molar-refractivity contribution is -0.148. The SMILES string of the molecule is O=C(O)C/C(=C/CC(=O)C(=O)O)C(=O)O. The van der Waals surface area contributed by atoms with Gasteiger partial charge < -0.3 is 15.3 Å². The summed E-state index contributed by atoms with van der Waals surface area (Å²) in [5.41, 5.74) is -0.517. The first-order valence-electron chi connectivity index (χ1n) is 3.74. The topological polar surface area (TPSA) is 129 Å². The number of hydrogen-bond donors (Lipinski definition) is 3. The van der Waals surface area contributed by atoms with Crippen molar-refractivity contribution in [2.45, 2.75) is 12.8 Å². The molecule has 0 aliphatic carbocycles. The minimum absolute atomic E-state index is 0.517. The molecule has 7 heteroatoms. The molecule has 0 saturated carbocycles. The van der Waals surface area contributed by atoms with Gasteiger partial charge in [-0.15, -0.1) is 0 Å². The van der Waals surface area contributed by atoms with E-state index in [0.29, 0.717) is 0 Å². The maximum Gasteiger partial charge on any atom is 0.372 e. The smallest absolute Gasteiger partial charge is 0.372 e. The maximum atomic E-state index is 10.6. The number of carbonyl (C=O) groups is 4. The first kappa shape index (κ1) is 12.8. The fraction of sp³-hybridized carbons (Fsp3) is 0.250. The second-order valence-electron chi connectivity index (χ2n) is 2.54. The Morgan fingerprint density at radius 1 is 0.933 bits per heavy atom. The van der Waals surface area contributed by atoms with E-state index in [-0.39, 0.29) is 0 Å². The van der Waals surface area contributed by atoms with E-state index in [4.69, 9.17) is 15.3 Å². The third kappa shape index (κ3) is 5.19. The molecule has 0 fully saturated rings. The van der Waals surface area contributed by atoms with Crippen LogP contribution in [0.3, 0.4) is 0 Å². The van der Waals surface area contributed by atoms with Gasteiger partial charge >= 0.3 is 17.9 Å². The minimum atomic E-state index is -1.69. The van der Waals surface area contributed by atoms with Crippen LogP contribution < -0.4 is 0 Å². The molecule has 0 amide bonds. The Hall–Kier alpha value is -2.18. The van der Waals surface area contributed by atoms with Crippen molar-refractivity contribution in [2.75, 3.05) is 0 Å². The van der Waals surface area contributed by atoms with E-state index in [1.54, 1.807) is 0 Å². The second kappa shape index (κ2) is 5.53. The van der Waals surface area contributed by atoms with Gasteiger partial charge in [-0.2, -0.15) is 0 Å². The quantitative estimate of drug-likeness (QED) is 0.403. The third-order valence-electron chi connectivity index (χ3n) is 1.39. The Morgan fingerprint density at radius 3 is 1.80 bits per heavy atom. The molecule has 0 aliphatic heterocycles. The number of carboxylic acid groups (broad SMARTS) is 3. The second-order valence-corrected chi connectivity index (χ2v) is 2.54. The van der Waals surface area contributed by atoms with Crippen molar-refractivity contribution in [1.29, 1.82) is 0 Å². The molecule has 82 valence electrons. The molecule has 0 rings (SSSR count). The van der Waals surface area contributed by atoms with Crippen LogP contribution in [0.5, 0.6) is 0 Å². The average Bonchev–Trinajstić information content (AvgIpc) is 2.10. The summed E-state index contributed by atoms with van der Waals surface area (Å²) in [4.78, 5) is 41.2. The fourth-order valence-corrected chi connectivity index (χ4v) is 0.701. The Labute approximate surface area is 83.6 Å². The van der Waals surface area contributed by atoms with E-state index >= 15 is 0 Å². The molecule has 0 aromatic carbocycles. The molecule has 15 heavy (non-hydrogen) atoms. The first-order chi connectivity index (χ1) is 6.84. The number of aliphatic carboxylic acids is 3. The van der Waals surface area contributed by atoms with Gasteiger partial charge in [0.25, 0.3) is 0 Å². The number of ketones is 1. The first-order valence-corrected chi connectivity index (χ1v) is 3.74. The molecule has 0 aromatic heterocycles. The fourth-order valence-electron chi connectivity index (χ4n) is 0.701. The van der Waals surface area contributed by atoms with Gasteiger partial charge in [0.05, 0.1) is 6.42 Å². The molecule has 0 radical (unpaired) electrons. The summed E-state index contributed by atoms with van der Waals surface area (Å²) >= 11 is 0. The van der Waals surface area contributed by atoms with Crippen molar-refractivity contribution in [1.82, 2.24) is 0 Å². The standard InChI is InChI=1S/C8H8O7/c9-5(8(14)15)2-1-4(7(12)13)3-6(10)11/h1H,2-3H2,(H,10,11)(H,12,13)(H,14,15)/b4-1-. The molecule has 3 N–H and O–H groups in total. The lowest BCUT2D eigenvalue weighted by Gasteiger charge is -1.97. The van der Waals surface area contributed by atoms with Crippen LogP contribution in [-0.2, 0) is 19.2 Å². The summed E-state index contributed by atoms with van der Waals surface area (Å²) in [6, 6.07) is 0. The highest BCUT2D eigenvalue weighted by atomic mass is 16.4. The lowest BCUT2D eigenvalue weighted by Crippen LogP contribution is -2.12. The highest BCUT2D eigenvalue weighted by Gasteiger charge is 2.14. The van der Waals surface area contributed by atoms with E-state index in [1.807, 2.05) is 0 Å². The van der Waals surface area contributed by atoms with Crippen molar-refractivity contribution >= 4 is 23.7 Å². The van der Waals surface area contributed by atoms with Gasteiger partial charge in [0.15, 0.2) is 0 Å². The van der Waals surface area contributed by atoms with Gasteiger partial charge in [0, 0.05) is 12.0 Å². The zero-order valence-corrected chi connectivity index (χ0v) is 7.47. The van der Waals surface area contributed by atoms with Crippen LogP contribution in [0.25, 0.3) is 0 Å². The Balaban J connectivity index is 4.56. The van der Waals surface area contributed by atoms with Crippen molar-refractivity contribution in [2.24, 2.45) is 0 Å². The number of rotatable bonds is 6. The molecule has 0 aromatic rings. The molecular formula is C8H8O7. The van der Waals surface area contributed by atoms with Gasteiger partial charge in [-0.05, 0) is 0 Å². The summed E-state index contributed by atoms with van der Waals surface area (Å²) in [6.45, 7) is 0. The zero-order valence-electron chi connectivity index (χ0n) is 7.47. The number of allylic oxidation sites excluding steroid dienone is 1. The van der Waals surface area contributed by atoms with Gasteiger partial charge in [-0.1, -0.05) is 6.08 Å². The van der Waals surface area contributed by atoms with Crippen molar-refractivity contribution in [3.63, 3.8) is 0 Å². The molecule has 0 aliphatic rings. The molecule has 7 nitrogen and oxygen atoms in total. The largest absolute Gasteiger partial charge is 0.481 e. The predicted molar refractivity (Wildman–Crippen MR) is 45.2 cm³/mol. The minimum Gasteiger partial charge on any atom is -0.481 e. The van der Waals surface area contributed by atoms with Crippen LogP contribution in [0.15, 0.2) is 11.6 Å². The summed E-state index contributed by atoms with van der Waals surface area (Å²) < 4.78 is 0. The summed E-state index contributed by atoms with van der Waals surface area (Å²) in [6.07, 6.45) is -0.612. The molecular weight excluding hydrogens is 208 g/mol. The summed E-state index contributed by atoms with van der Waals surface area (Å²) in [7, 11) is 0. The number of carbonyl (C=O) groups excluding carboxylic acids is 1. The van der Waals surface area contributed by atoms with Crippen LogP contribution >= 0.6 is 0 Å². The molecule has 0 heterocycles. The van der Waals surface area contributed by atoms with Crippen LogP contribution in [-0.4, -0.2) is 39.0 Å². The van der Waals surface area contributed by atoms with Crippen molar-refractivity contribution < 1.29 is 34.5 Å². The number of Topliss-reactive ketones (excluding diaryl/α,β-unsaturated/α-hetero) is 1. The Bertz CT molecular complexity index is 339. The van der Waals surface area contributed by atoms with Crippen LogP contribution in [0, 0.1) is 0 Å². The monoisotopic (exact) mass is 216 g/mol. The molecule has 0 unspecified atom stereocenters. The highest BCUT2D eigenvalue weighted by Crippen LogP contribution is 2.03. The van der Waals surface area contributed by atoms with Gasteiger partial charge in [-0.25, -0.2) is 9.59 Å². The molecule has 0 bridgehead atoms. The maximum absolute atomic E-state index is 10.6. The van der Waals surface area contributed by atoms with E-state index in [9.17, 15) is 19.2 Å². The lowest BCUT2D eigenvalue weighted by atomic mass is 10.1. The predicted octanol–water partition coefficient (Wildman–Crippen LogP) is -0.484. The van der Waals surface area contributed by atoms with E-state index in [1.165, 1.54) is 0 Å². The van der Waals surface area contributed by atoms with Crippen LogP contribution in [0.2, 0.25) is 0 Å². The zero-order chi connectivity index (χ0) is 12.0. The Kier molecular flexibility index (Phi) is 4.73. The summed E-state index contributed by atoms with van der Waals surface area (Å²) in [5.74, 6) is -5.74. The van der Waals surface area contributed by atoms with E-state index < -0.39 is 42.1 Å². The van der Waals surface area contributed by atoms with Crippen molar-refractivity contribution in [3.8, 4) is 0 Å². The summed E-state index contributed by atoms with van der Waals surface area (Å²) in [5, 5.41) is 25.0. The van der Waals surface area contributed by atoms with E-state index in [0.717, 1.165) is 6.08 Å².